The van der Waals surface area contributed by atoms with Crippen molar-refractivity contribution in [3.05, 3.63) is 28.5 Å². The van der Waals surface area contributed by atoms with Gasteiger partial charge in [0.05, 0.1) is 18.8 Å². The van der Waals surface area contributed by atoms with Gasteiger partial charge in [-0.05, 0) is 22.0 Å². The summed E-state index contributed by atoms with van der Waals surface area (Å²) in [5, 5.41) is 18.3. The average molecular weight is 247 g/mol. The van der Waals surface area contributed by atoms with E-state index in [1.165, 1.54) is 6.20 Å². The van der Waals surface area contributed by atoms with E-state index >= 15 is 0 Å². The Morgan fingerprint density at radius 2 is 2.23 bits per heavy atom. The van der Waals surface area contributed by atoms with Gasteiger partial charge in [0.2, 0.25) is 0 Å². The van der Waals surface area contributed by atoms with E-state index < -0.39 is 12.1 Å². The molecular weight excluding hydrogens is 236 g/mol. The Hall–Kier alpha value is -0.490. The molecule has 1 aromatic heterocycles. The fourth-order valence-electron chi connectivity index (χ4n) is 0.937. The number of rotatable bonds is 3. The smallest absolute Gasteiger partial charge is 0.0978 e. The highest BCUT2D eigenvalue weighted by atomic mass is 79.9. The molecule has 1 rings (SSSR count). The predicted octanol–water partition coefficient (Wildman–Crippen LogP) is 0.197. The second kappa shape index (κ2) is 4.66. The first kappa shape index (κ1) is 10.6. The molecule has 2 atom stereocenters. The molecule has 0 fully saturated rings. The quantitative estimate of drug-likeness (QED) is 0.712. The summed E-state index contributed by atoms with van der Waals surface area (Å²) in [6, 6.07) is 1.05. The second-order valence-electron chi connectivity index (χ2n) is 2.73. The molecule has 72 valence electrons. The van der Waals surface area contributed by atoms with Gasteiger partial charge in [-0.3, -0.25) is 4.98 Å². The predicted molar refractivity (Wildman–Crippen MR) is 52.0 cm³/mol. The molecule has 13 heavy (non-hydrogen) atoms. The maximum atomic E-state index is 9.57. The molecule has 0 bridgehead atoms. The fraction of sp³-hybridized carbons (Fsp3) is 0.375. The molecular formula is C8H11BrN2O2. The SMILES string of the molecule is NC(CO)C(O)c1cncc(Br)c1. The molecule has 0 saturated heterocycles. The van der Waals surface area contributed by atoms with Gasteiger partial charge >= 0.3 is 0 Å². The van der Waals surface area contributed by atoms with E-state index in [0.717, 1.165) is 4.47 Å². The molecule has 0 saturated carbocycles. The molecule has 0 radical (unpaired) electrons. The van der Waals surface area contributed by atoms with E-state index in [-0.39, 0.29) is 6.61 Å². The molecule has 4 nitrogen and oxygen atoms in total. The van der Waals surface area contributed by atoms with Gasteiger partial charge in [0, 0.05) is 22.4 Å². The van der Waals surface area contributed by atoms with Crippen molar-refractivity contribution in [1.29, 1.82) is 0 Å². The first-order valence-corrected chi connectivity index (χ1v) is 4.59. The zero-order valence-corrected chi connectivity index (χ0v) is 8.48. The van der Waals surface area contributed by atoms with E-state index in [9.17, 15) is 5.11 Å². The number of hydrogen-bond acceptors (Lipinski definition) is 4. The summed E-state index contributed by atoms with van der Waals surface area (Å²) >= 11 is 3.22. The standard InChI is InChI=1S/C8H11BrN2O2/c9-6-1-5(2-11-3-6)8(13)7(10)4-12/h1-3,7-8,12-13H,4,10H2. The van der Waals surface area contributed by atoms with Gasteiger partial charge in [-0.1, -0.05) is 0 Å². The summed E-state index contributed by atoms with van der Waals surface area (Å²) in [4.78, 5) is 3.88. The summed E-state index contributed by atoms with van der Waals surface area (Å²) in [5.41, 5.74) is 6.05. The summed E-state index contributed by atoms with van der Waals surface area (Å²) in [6.45, 7) is -0.256. The van der Waals surface area contributed by atoms with E-state index in [1.54, 1.807) is 12.3 Å². The lowest BCUT2D eigenvalue weighted by Crippen LogP contribution is -2.31. The van der Waals surface area contributed by atoms with Crippen LogP contribution in [0.5, 0.6) is 0 Å². The van der Waals surface area contributed by atoms with Crippen molar-refractivity contribution in [2.75, 3.05) is 6.61 Å². The normalized spacial score (nSPS) is 15.4. The van der Waals surface area contributed by atoms with Crippen molar-refractivity contribution in [2.24, 2.45) is 5.73 Å². The number of nitrogens with two attached hydrogens (primary N) is 1. The third kappa shape index (κ3) is 2.73. The molecule has 0 aromatic carbocycles. The Labute approximate surface area is 84.5 Å². The number of hydrogen-bond donors (Lipinski definition) is 3. The van der Waals surface area contributed by atoms with E-state index in [1.807, 2.05) is 0 Å². The highest BCUT2D eigenvalue weighted by Gasteiger charge is 2.16. The van der Waals surface area contributed by atoms with Crippen LogP contribution >= 0.6 is 15.9 Å². The molecule has 0 aliphatic carbocycles. The van der Waals surface area contributed by atoms with Crippen molar-refractivity contribution in [3.8, 4) is 0 Å². The van der Waals surface area contributed by atoms with Gasteiger partial charge in [0.1, 0.15) is 0 Å². The van der Waals surface area contributed by atoms with Gasteiger partial charge in [0.25, 0.3) is 0 Å². The van der Waals surface area contributed by atoms with Crippen LogP contribution in [0.15, 0.2) is 22.9 Å². The topological polar surface area (TPSA) is 79.4 Å². The highest BCUT2D eigenvalue weighted by molar-refractivity contribution is 9.10. The molecule has 4 N–H and O–H groups in total. The van der Waals surface area contributed by atoms with Crippen molar-refractivity contribution in [3.63, 3.8) is 0 Å². The second-order valence-corrected chi connectivity index (χ2v) is 3.64. The van der Waals surface area contributed by atoms with E-state index in [2.05, 4.69) is 20.9 Å². The van der Waals surface area contributed by atoms with Crippen LogP contribution in [0.4, 0.5) is 0 Å². The summed E-state index contributed by atoms with van der Waals surface area (Å²) in [6.07, 6.45) is 2.25. The minimum Gasteiger partial charge on any atom is -0.395 e. The van der Waals surface area contributed by atoms with Crippen LogP contribution in [-0.4, -0.2) is 27.8 Å². The largest absolute Gasteiger partial charge is 0.395 e. The minimum absolute atomic E-state index is 0.256. The maximum Gasteiger partial charge on any atom is 0.0978 e. The van der Waals surface area contributed by atoms with Crippen molar-refractivity contribution < 1.29 is 10.2 Å². The molecule has 0 amide bonds. The lowest BCUT2D eigenvalue weighted by atomic mass is 10.1. The van der Waals surface area contributed by atoms with E-state index in [0.29, 0.717) is 5.56 Å². The van der Waals surface area contributed by atoms with Crippen LogP contribution in [0.25, 0.3) is 0 Å². The lowest BCUT2D eigenvalue weighted by Gasteiger charge is -2.16. The van der Waals surface area contributed by atoms with Crippen molar-refractivity contribution in [2.45, 2.75) is 12.1 Å². The first-order valence-electron chi connectivity index (χ1n) is 3.80. The molecule has 0 aliphatic rings. The van der Waals surface area contributed by atoms with Gasteiger partial charge in [0.15, 0.2) is 0 Å². The third-order valence-corrected chi connectivity index (χ3v) is 2.12. The Balaban J connectivity index is 2.82. The molecule has 1 aromatic rings. The third-order valence-electron chi connectivity index (χ3n) is 1.68. The monoisotopic (exact) mass is 246 g/mol. The first-order chi connectivity index (χ1) is 6.15. The number of aromatic nitrogens is 1. The number of pyridine rings is 1. The van der Waals surface area contributed by atoms with Crippen LogP contribution in [0.3, 0.4) is 0 Å². The number of aliphatic hydroxyl groups is 2. The van der Waals surface area contributed by atoms with Crippen LogP contribution < -0.4 is 5.73 Å². The van der Waals surface area contributed by atoms with E-state index in [4.69, 9.17) is 10.8 Å². The van der Waals surface area contributed by atoms with Crippen molar-refractivity contribution >= 4 is 15.9 Å². The molecule has 5 heteroatoms. The van der Waals surface area contributed by atoms with Gasteiger partial charge in [-0.25, -0.2) is 0 Å². The fourth-order valence-corrected chi connectivity index (χ4v) is 1.32. The zero-order valence-electron chi connectivity index (χ0n) is 6.89. The van der Waals surface area contributed by atoms with Gasteiger partial charge in [-0.15, -0.1) is 0 Å². The summed E-state index contributed by atoms with van der Waals surface area (Å²) in [7, 11) is 0. The summed E-state index contributed by atoms with van der Waals surface area (Å²) in [5.74, 6) is 0. The highest BCUT2D eigenvalue weighted by Crippen LogP contribution is 2.18. The molecule has 1 heterocycles. The zero-order chi connectivity index (χ0) is 9.84. The van der Waals surface area contributed by atoms with Crippen molar-refractivity contribution in [1.82, 2.24) is 4.98 Å². The van der Waals surface area contributed by atoms with Crippen LogP contribution in [-0.2, 0) is 0 Å². The van der Waals surface area contributed by atoms with Crippen LogP contribution in [0.2, 0.25) is 0 Å². The number of aliphatic hydroxyl groups excluding tert-OH is 2. The average Bonchev–Trinajstić information content (AvgIpc) is 2.15. The Morgan fingerprint density at radius 1 is 1.54 bits per heavy atom. The minimum atomic E-state index is -0.880. The molecule has 0 spiro atoms. The number of nitrogens with zero attached hydrogens (tertiary/aromatic N) is 1. The van der Waals surface area contributed by atoms with Crippen LogP contribution in [0, 0.1) is 0 Å². The maximum absolute atomic E-state index is 9.57. The number of halogens is 1. The molecule has 2 unspecified atom stereocenters. The Bertz CT molecular complexity index is 283. The van der Waals surface area contributed by atoms with Crippen LogP contribution in [0.1, 0.15) is 11.7 Å². The summed E-state index contributed by atoms with van der Waals surface area (Å²) < 4.78 is 0.772. The Kier molecular flexibility index (Phi) is 3.80. The lowest BCUT2D eigenvalue weighted by molar-refractivity contribution is 0.109. The van der Waals surface area contributed by atoms with Gasteiger partial charge < -0.3 is 15.9 Å². The van der Waals surface area contributed by atoms with Gasteiger partial charge in [-0.2, -0.15) is 0 Å². The molecule has 0 aliphatic heterocycles. The Morgan fingerprint density at radius 3 is 2.77 bits per heavy atom.